The molecule has 1 aromatic rings. The van der Waals surface area contributed by atoms with Crippen LogP contribution in [0.3, 0.4) is 0 Å². The third-order valence-electron chi connectivity index (χ3n) is 2.61. The van der Waals surface area contributed by atoms with Crippen LogP contribution in [0.1, 0.15) is 32.8 Å². The summed E-state index contributed by atoms with van der Waals surface area (Å²) in [5, 5.41) is 9.38. The number of carbonyl (C=O) groups is 1. The molecule has 0 amide bonds. The molecule has 0 spiro atoms. The standard InChI is InChI=1S/C13H17ClO3/c1-4-17-11-6-5-9(7-10(11)14)13(2,3)8-12(15)16/h5-7H,4,8H2,1-3H3,(H,15,16). The van der Waals surface area contributed by atoms with E-state index in [1.165, 1.54) is 0 Å². The van der Waals surface area contributed by atoms with E-state index < -0.39 is 11.4 Å². The van der Waals surface area contributed by atoms with Crippen molar-refractivity contribution in [3.63, 3.8) is 0 Å². The highest BCUT2D eigenvalue weighted by molar-refractivity contribution is 6.32. The van der Waals surface area contributed by atoms with Gasteiger partial charge in [-0.15, -0.1) is 0 Å². The molecule has 17 heavy (non-hydrogen) atoms. The van der Waals surface area contributed by atoms with E-state index in [2.05, 4.69) is 0 Å². The Hall–Kier alpha value is -1.22. The molecule has 0 atom stereocenters. The molecule has 0 radical (unpaired) electrons. The third kappa shape index (κ3) is 3.63. The van der Waals surface area contributed by atoms with Gasteiger partial charge in [0, 0.05) is 5.41 Å². The number of ether oxygens (including phenoxy) is 1. The van der Waals surface area contributed by atoms with Crippen molar-refractivity contribution in [1.82, 2.24) is 0 Å². The first-order chi connectivity index (χ1) is 7.86. The highest BCUT2D eigenvalue weighted by Crippen LogP contribution is 2.33. The lowest BCUT2D eigenvalue weighted by Crippen LogP contribution is -2.21. The molecule has 3 nitrogen and oxygen atoms in total. The van der Waals surface area contributed by atoms with Crippen LogP contribution < -0.4 is 4.74 Å². The van der Waals surface area contributed by atoms with Crippen LogP contribution in [-0.2, 0) is 10.2 Å². The van der Waals surface area contributed by atoms with Gasteiger partial charge in [-0.05, 0) is 24.6 Å². The second-order valence-electron chi connectivity index (χ2n) is 4.53. The largest absolute Gasteiger partial charge is 0.492 e. The van der Waals surface area contributed by atoms with Crippen LogP contribution in [0.5, 0.6) is 5.75 Å². The topological polar surface area (TPSA) is 46.5 Å². The van der Waals surface area contributed by atoms with Crippen LogP contribution in [0, 0.1) is 0 Å². The fourth-order valence-corrected chi connectivity index (χ4v) is 1.91. The van der Waals surface area contributed by atoms with Crippen LogP contribution in [0.25, 0.3) is 0 Å². The van der Waals surface area contributed by atoms with Crippen molar-refractivity contribution in [2.24, 2.45) is 0 Å². The van der Waals surface area contributed by atoms with Crippen molar-refractivity contribution in [1.29, 1.82) is 0 Å². The summed E-state index contributed by atoms with van der Waals surface area (Å²) in [6, 6.07) is 5.42. The van der Waals surface area contributed by atoms with Crippen LogP contribution in [0.4, 0.5) is 0 Å². The first-order valence-corrected chi connectivity index (χ1v) is 5.89. The molecule has 0 aromatic heterocycles. The molecule has 0 saturated heterocycles. The van der Waals surface area contributed by atoms with Gasteiger partial charge in [0.25, 0.3) is 0 Å². The summed E-state index contributed by atoms with van der Waals surface area (Å²) in [5.74, 6) is -0.191. The quantitative estimate of drug-likeness (QED) is 0.877. The number of hydrogen-bond donors (Lipinski definition) is 1. The molecule has 0 bridgehead atoms. The zero-order valence-corrected chi connectivity index (χ0v) is 11.0. The van der Waals surface area contributed by atoms with Crippen LogP contribution >= 0.6 is 11.6 Å². The normalized spacial score (nSPS) is 11.3. The van der Waals surface area contributed by atoms with Gasteiger partial charge in [0.2, 0.25) is 0 Å². The highest BCUT2D eigenvalue weighted by Gasteiger charge is 2.24. The zero-order chi connectivity index (χ0) is 13.1. The predicted molar refractivity (Wildman–Crippen MR) is 67.9 cm³/mol. The zero-order valence-electron chi connectivity index (χ0n) is 10.3. The monoisotopic (exact) mass is 256 g/mol. The molecule has 0 aliphatic rings. The Bertz CT molecular complexity index is 413. The van der Waals surface area contributed by atoms with Crippen molar-refractivity contribution in [2.75, 3.05) is 6.61 Å². The molecular formula is C13H17ClO3. The number of carboxylic acid groups (broad SMARTS) is 1. The van der Waals surface area contributed by atoms with Gasteiger partial charge >= 0.3 is 5.97 Å². The predicted octanol–water partition coefficient (Wildman–Crippen LogP) is 3.49. The molecular weight excluding hydrogens is 240 g/mol. The highest BCUT2D eigenvalue weighted by atomic mass is 35.5. The Morgan fingerprint density at radius 3 is 2.59 bits per heavy atom. The molecule has 1 N–H and O–H groups in total. The Labute approximate surface area is 106 Å². The Morgan fingerprint density at radius 2 is 2.12 bits per heavy atom. The fourth-order valence-electron chi connectivity index (χ4n) is 1.67. The summed E-state index contributed by atoms with van der Waals surface area (Å²) >= 11 is 6.08. The summed E-state index contributed by atoms with van der Waals surface area (Å²) in [5.41, 5.74) is 0.452. The lowest BCUT2D eigenvalue weighted by molar-refractivity contribution is -0.138. The van der Waals surface area contributed by atoms with Gasteiger partial charge in [-0.2, -0.15) is 0 Å². The van der Waals surface area contributed by atoms with E-state index in [1.54, 1.807) is 12.1 Å². The molecule has 0 fully saturated rings. The first kappa shape index (κ1) is 13.8. The number of benzene rings is 1. The van der Waals surface area contributed by atoms with E-state index in [0.717, 1.165) is 5.56 Å². The van der Waals surface area contributed by atoms with Crippen LogP contribution in [0.15, 0.2) is 18.2 Å². The van der Waals surface area contributed by atoms with E-state index in [-0.39, 0.29) is 6.42 Å². The number of rotatable bonds is 5. The summed E-state index contributed by atoms with van der Waals surface area (Å²) in [6.45, 7) is 6.20. The Balaban J connectivity index is 3.00. The molecule has 0 aliphatic heterocycles. The van der Waals surface area contributed by atoms with E-state index >= 15 is 0 Å². The maximum atomic E-state index is 10.8. The first-order valence-electron chi connectivity index (χ1n) is 5.51. The molecule has 4 heteroatoms. The SMILES string of the molecule is CCOc1ccc(C(C)(C)CC(=O)O)cc1Cl. The number of carboxylic acids is 1. The Morgan fingerprint density at radius 1 is 1.47 bits per heavy atom. The fraction of sp³-hybridized carbons (Fsp3) is 0.462. The van der Waals surface area contributed by atoms with E-state index in [4.69, 9.17) is 21.4 Å². The third-order valence-corrected chi connectivity index (χ3v) is 2.90. The molecule has 0 unspecified atom stereocenters. The lowest BCUT2D eigenvalue weighted by Gasteiger charge is -2.23. The summed E-state index contributed by atoms with van der Waals surface area (Å²) in [6.07, 6.45) is 0.0668. The maximum absolute atomic E-state index is 10.8. The van der Waals surface area contributed by atoms with E-state index in [1.807, 2.05) is 26.8 Å². The van der Waals surface area contributed by atoms with Crippen LogP contribution in [0.2, 0.25) is 5.02 Å². The molecule has 0 aliphatic carbocycles. The lowest BCUT2D eigenvalue weighted by atomic mass is 9.81. The number of halogens is 1. The van der Waals surface area contributed by atoms with Crippen LogP contribution in [-0.4, -0.2) is 17.7 Å². The summed E-state index contributed by atoms with van der Waals surface area (Å²) in [4.78, 5) is 10.8. The molecule has 1 aromatic carbocycles. The molecule has 0 saturated carbocycles. The molecule has 1 rings (SSSR count). The summed E-state index contributed by atoms with van der Waals surface area (Å²) < 4.78 is 5.34. The minimum absolute atomic E-state index is 0.0668. The minimum atomic E-state index is -0.819. The van der Waals surface area contributed by atoms with Gasteiger partial charge in [0.15, 0.2) is 0 Å². The van der Waals surface area contributed by atoms with Crippen molar-refractivity contribution in [2.45, 2.75) is 32.6 Å². The number of aliphatic carboxylic acids is 1. The minimum Gasteiger partial charge on any atom is -0.492 e. The van der Waals surface area contributed by atoms with Crippen molar-refractivity contribution >= 4 is 17.6 Å². The van der Waals surface area contributed by atoms with Gasteiger partial charge < -0.3 is 9.84 Å². The smallest absolute Gasteiger partial charge is 0.304 e. The van der Waals surface area contributed by atoms with Crippen molar-refractivity contribution in [3.8, 4) is 5.75 Å². The number of hydrogen-bond acceptors (Lipinski definition) is 2. The second kappa shape index (κ2) is 5.41. The van der Waals surface area contributed by atoms with Gasteiger partial charge in [0.05, 0.1) is 18.1 Å². The summed E-state index contributed by atoms with van der Waals surface area (Å²) in [7, 11) is 0. The average molecular weight is 257 g/mol. The van der Waals surface area contributed by atoms with E-state index in [0.29, 0.717) is 17.4 Å². The average Bonchev–Trinajstić information content (AvgIpc) is 2.19. The van der Waals surface area contributed by atoms with Gasteiger partial charge in [-0.25, -0.2) is 0 Å². The van der Waals surface area contributed by atoms with Gasteiger partial charge in [-0.1, -0.05) is 31.5 Å². The van der Waals surface area contributed by atoms with Crippen molar-refractivity contribution in [3.05, 3.63) is 28.8 Å². The van der Waals surface area contributed by atoms with E-state index in [9.17, 15) is 4.79 Å². The molecule has 0 heterocycles. The van der Waals surface area contributed by atoms with Gasteiger partial charge in [0.1, 0.15) is 5.75 Å². The Kier molecular flexibility index (Phi) is 4.40. The maximum Gasteiger partial charge on any atom is 0.304 e. The van der Waals surface area contributed by atoms with Gasteiger partial charge in [-0.3, -0.25) is 4.79 Å². The second-order valence-corrected chi connectivity index (χ2v) is 4.94. The van der Waals surface area contributed by atoms with Crippen molar-refractivity contribution < 1.29 is 14.6 Å². The molecule has 94 valence electrons.